The molecule has 0 saturated heterocycles. The summed E-state index contributed by atoms with van der Waals surface area (Å²) in [5, 5.41) is 7.33. The quantitative estimate of drug-likeness (QED) is 0.180. The van der Waals surface area contributed by atoms with Gasteiger partial charge in [-0.25, -0.2) is 0 Å². The molecule has 0 saturated carbocycles. The largest absolute Gasteiger partial charge is 0.397 e. The second-order valence-electron chi connectivity index (χ2n) is 7.50. The summed E-state index contributed by atoms with van der Waals surface area (Å²) in [4.78, 5) is 12.7. The van der Waals surface area contributed by atoms with Crippen LogP contribution in [0.4, 0.5) is 13.2 Å². The number of benzene rings is 2. The van der Waals surface area contributed by atoms with Crippen LogP contribution in [0.2, 0.25) is 10.0 Å². The lowest BCUT2D eigenvalue weighted by molar-refractivity contribution is 0.209. The first-order valence-electron chi connectivity index (χ1n) is 10.6. The number of hydrogen-bond donors (Lipinski definition) is 0. The Labute approximate surface area is 212 Å². The monoisotopic (exact) mass is 527 g/mol. The molecule has 0 aliphatic heterocycles. The number of unbranched alkanes of at least 4 members (excludes halogenated alkanes) is 1. The summed E-state index contributed by atoms with van der Waals surface area (Å²) in [5.74, 6) is -2.16. The molecular weight excluding hydrogens is 502 g/mol. The van der Waals surface area contributed by atoms with E-state index in [1.54, 1.807) is 38.1 Å². The summed E-state index contributed by atoms with van der Waals surface area (Å²) in [6.07, 6.45) is 2.90. The number of nitrogens with zero attached hydrogens (tertiary/aromatic N) is 3. The Bertz CT molecular complexity index is 1120. The Morgan fingerprint density at radius 1 is 0.857 bits per heavy atom. The van der Waals surface area contributed by atoms with Crippen molar-refractivity contribution in [3.05, 3.63) is 73.8 Å². The van der Waals surface area contributed by atoms with Crippen molar-refractivity contribution in [3.8, 4) is 0 Å². The third-order valence-electron chi connectivity index (χ3n) is 5.28. The first-order chi connectivity index (χ1) is 16.6. The van der Waals surface area contributed by atoms with Crippen molar-refractivity contribution in [3.63, 3.8) is 0 Å². The highest BCUT2D eigenvalue weighted by molar-refractivity contribution is 6.32. The molecule has 35 heavy (non-hydrogen) atoms. The van der Waals surface area contributed by atoms with Gasteiger partial charge in [-0.05, 0) is 78.8 Å². The van der Waals surface area contributed by atoms with E-state index in [1.807, 2.05) is 6.08 Å². The van der Waals surface area contributed by atoms with Crippen LogP contribution in [-0.4, -0.2) is 39.2 Å². The molecule has 0 aliphatic rings. The maximum absolute atomic E-state index is 14.6. The smallest absolute Gasteiger partial charge is 0.257 e. The zero-order chi connectivity index (χ0) is 26.1. The average molecular weight is 528 g/mol. The maximum atomic E-state index is 14.6. The molecule has 2 aromatic carbocycles. The Hall–Kier alpha value is -2.84. The van der Waals surface area contributed by atoms with E-state index in [9.17, 15) is 13.2 Å². The molecule has 2 rings (SSSR count). The SMILES string of the molecule is CN=C(F)CCCC=C(c1cc(Cl)c(C)c(/C(F)=N/OC)c1)c1cc(Cl)c(C)c(/C(F)=N/OC)c1. The summed E-state index contributed by atoms with van der Waals surface area (Å²) in [7, 11) is 3.85. The molecule has 0 N–H and O–H groups in total. The molecule has 0 spiro atoms. The predicted molar refractivity (Wildman–Crippen MR) is 137 cm³/mol. The lowest BCUT2D eigenvalue weighted by atomic mass is 9.91. The first-order valence-corrected chi connectivity index (χ1v) is 11.4. The molecule has 0 unspecified atom stereocenters. The minimum atomic E-state index is -0.852. The van der Waals surface area contributed by atoms with Crippen LogP contribution in [0.5, 0.6) is 0 Å². The fraction of sp³-hybridized carbons (Fsp3) is 0.320. The maximum Gasteiger partial charge on any atom is 0.257 e. The molecule has 0 fully saturated rings. The van der Waals surface area contributed by atoms with Gasteiger partial charge in [0, 0.05) is 34.6 Å². The summed E-state index contributed by atoms with van der Waals surface area (Å²) in [6.45, 7) is 3.31. The fourth-order valence-electron chi connectivity index (χ4n) is 3.36. The molecule has 0 bridgehead atoms. The van der Waals surface area contributed by atoms with Crippen LogP contribution in [0, 0.1) is 13.8 Å². The van der Waals surface area contributed by atoms with Crippen molar-refractivity contribution in [2.45, 2.75) is 33.1 Å². The molecule has 0 radical (unpaired) electrons. The zero-order valence-electron chi connectivity index (χ0n) is 20.1. The number of oxime groups is 2. The van der Waals surface area contributed by atoms with Gasteiger partial charge >= 0.3 is 0 Å². The van der Waals surface area contributed by atoms with E-state index >= 15 is 0 Å². The number of allylic oxidation sites excluding steroid dienone is 1. The van der Waals surface area contributed by atoms with E-state index in [2.05, 4.69) is 25.0 Å². The number of hydrogen-bond acceptors (Lipinski definition) is 5. The van der Waals surface area contributed by atoms with Crippen molar-refractivity contribution < 1.29 is 22.8 Å². The van der Waals surface area contributed by atoms with Gasteiger partial charge in [0.15, 0.2) is 5.97 Å². The highest BCUT2D eigenvalue weighted by Gasteiger charge is 2.18. The highest BCUT2D eigenvalue weighted by Crippen LogP contribution is 2.34. The van der Waals surface area contributed by atoms with Crippen LogP contribution in [0.3, 0.4) is 0 Å². The number of aliphatic imine (C=N–C) groups is 1. The van der Waals surface area contributed by atoms with Gasteiger partial charge in [0.25, 0.3) is 11.9 Å². The molecule has 0 heterocycles. The summed E-state index contributed by atoms with van der Waals surface area (Å²) in [6, 6.07) is 6.44. The number of halogens is 5. The average Bonchev–Trinajstić information content (AvgIpc) is 2.82. The molecule has 2 aromatic rings. The minimum Gasteiger partial charge on any atom is -0.397 e. The van der Waals surface area contributed by atoms with Crippen LogP contribution >= 0.6 is 23.2 Å². The van der Waals surface area contributed by atoms with Crippen molar-refractivity contribution >= 4 is 46.7 Å². The van der Waals surface area contributed by atoms with Gasteiger partial charge in [0.2, 0.25) is 0 Å². The van der Waals surface area contributed by atoms with Crippen LogP contribution in [0.25, 0.3) is 5.57 Å². The highest BCUT2D eigenvalue weighted by atomic mass is 35.5. The minimum absolute atomic E-state index is 0.134. The standard InChI is InChI=1S/C25H26Cl2F3N3O2/c1-14-19(24(29)32-34-4)10-16(12-21(14)26)18(8-6-7-9-23(28)31-3)17-11-20(25(30)33-35-5)15(2)22(27)13-17/h8,10-13H,6-7,9H2,1-5H3/b31-23?,32-24-,33-25-. The van der Waals surface area contributed by atoms with Crippen molar-refractivity contribution in [1.82, 2.24) is 0 Å². The summed E-state index contributed by atoms with van der Waals surface area (Å²) < 4.78 is 42.7. The third-order valence-corrected chi connectivity index (χ3v) is 6.06. The third kappa shape index (κ3) is 7.32. The lowest BCUT2D eigenvalue weighted by Crippen LogP contribution is -2.03. The zero-order valence-corrected chi connectivity index (χ0v) is 21.6. The van der Waals surface area contributed by atoms with Gasteiger partial charge in [-0.2, -0.15) is 13.2 Å². The molecule has 0 amide bonds. The van der Waals surface area contributed by atoms with Crippen LogP contribution in [0.15, 0.2) is 45.6 Å². The van der Waals surface area contributed by atoms with Crippen molar-refractivity contribution in [2.75, 3.05) is 21.3 Å². The lowest BCUT2D eigenvalue weighted by Gasteiger charge is -2.16. The van der Waals surface area contributed by atoms with E-state index < -0.39 is 17.9 Å². The fourth-order valence-corrected chi connectivity index (χ4v) is 3.80. The molecule has 0 aromatic heterocycles. The van der Waals surface area contributed by atoms with E-state index in [0.29, 0.717) is 50.7 Å². The Morgan fingerprint density at radius 2 is 1.31 bits per heavy atom. The van der Waals surface area contributed by atoms with E-state index in [-0.39, 0.29) is 17.5 Å². The van der Waals surface area contributed by atoms with Gasteiger partial charge in [-0.3, -0.25) is 4.99 Å². The Kier molecular flexibility index (Phi) is 10.8. The second-order valence-corrected chi connectivity index (χ2v) is 8.31. The molecule has 188 valence electrons. The van der Waals surface area contributed by atoms with Crippen molar-refractivity contribution in [1.29, 1.82) is 0 Å². The van der Waals surface area contributed by atoms with Crippen molar-refractivity contribution in [2.24, 2.45) is 15.3 Å². The Morgan fingerprint density at radius 3 is 1.71 bits per heavy atom. The van der Waals surface area contributed by atoms with E-state index in [0.717, 1.165) is 0 Å². The topological polar surface area (TPSA) is 55.5 Å². The van der Waals surface area contributed by atoms with Crippen LogP contribution < -0.4 is 0 Å². The first kappa shape index (κ1) is 28.4. The number of rotatable bonds is 10. The molecular formula is C25H26Cl2F3N3O2. The second kappa shape index (κ2) is 13.3. The normalized spacial score (nSPS) is 12.6. The summed E-state index contributed by atoms with van der Waals surface area (Å²) >= 11 is 12.8. The van der Waals surface area contributed by atoms with Crippen LogP contribution in [0.1, 0.15) is 52.6 Å². The van der Waals surface area contributed by atoms with E-state index in [4.69, 9.17) is 23.2 Å². The molecule has 0 aliphatic carbocycles. The van der Waals surface area contributed by atoms with Gasteiger partial charge in [-0.15, -0.1) is 0 Å². The molecule has 5 nitrogen and oxygen atoms in total. The predicted octanol–water partition coefficient (Wildman–Crippen LogP) is 7.77. The van der Waals surface area contributed by atoms with E-state index in [1.165, 1.54) is 21.3 Å². The van der Waals surface area contributed by atoms with Crippen LogP contribution in [-0.2, 0) is 9.68 Å². The summed E-state index contributed by atoms with van der Waals surface area (Å²) in [5.41, 5.74) is 2.84. The Balaban J connectivity index is 2.73. The molecule has 10 heteroatoms. The van der Waals surface area contributed by atoms with Gasteiger partial charge in [-0.1, -0.05) is 39.6 Å². The van der Waals surface area contributed by atoms with Gasteiger partial charge < -0.3 is 9.68 Å². The van der Waals surface area contributed by atoms with Gasteiger partial charge in [0.1, 0.15) is 14.2 Å². The molecule has 0 atom stereocenters. The van der Waals surface area contributed by atoms with Gasteiger partial charge in [0.05, 0.1) is 0 Å².